The molecule has 2 aromatic rings. The third-order valence-electron chi connectivity index (χ3n) is 2.57. The third-order valence-corrected chi connectivity index (χ3v) is 3.29. The van der Waals surface area contributed by atoms with E-state index in [-0.39, 0.29) is 19.1 Å². The molecule has 0 unspecified atom stereocenters. The first kappa shape index (κ1) is 11.8. The molecule has 1 aliphatic heterocycles. The molecule has 0 spiro atoms. The molecule has 19 heavy (non-hydrogen) atoms. The highest BCUT2D eigenvalue weighted by Gasteiger charge is 2.14. The highest BCUT2D eigenvalue weighted by Crippen LogP contribution is 2.34. The van der Waals surface area contributed by atoms with E-state index in [1.54, 1.807) is 23.6 Å². The minimum absolute atomic E-state index is 0.149. The molecule has 2 heterocycles. The lowest BCUT2D eigenvalue weighted by Gasteiger charge is -2.05. The van der Waals surface area contributed by atoms with E-state index in [0.29, 0.717) is 28.0 Å². The number of benzene rings is 1. The number of amides is 1. The number of carbonyl (C=O) groups is 1. The molecule has 6 nitrogen and oxygen atoms in total. The van der Waals surface area contributed by atoms with Crippen LogP contribution in [0.2, 0.25) is 0 Å². The van der Waals surface area contributed by atoms with Crippen molar-refractivity contribution in [3.8, 4) is 11.5 Å². The van der Waals surface area contributed by atoms with Crippen LogP contribution in [0, 0.1) is 0 Å². The van der Waals surface area contributed by atoms with Crippen molar-refractivity contribution in [2.45, 2.75) is 6.42 Å². The lowest BCUT2D eigenvalue weighted by atomic mass is 10.2. The molecule has 0 bridgehead atoms. The lowest BCUT2D eigenvalue weighted by Crippen LogP contribution is -2.14. The van der Waals surface area contributed by atoms with E-state index in [2.05, 4.69) is 10.3 Å². The van der Waals surface area contributed by atoms with Crippen molar-refractivity contribution in [1.82, 2.24) is 4.98 Å². The summed E-state index contributed by atoms with van der Waals surface area (Å²) in [6, 6.07) is 5.26. The summed E-state index contributed by atoms with van der Waals surface area (Å²) in [6.07, 6.45) is 0.197. The van der Waals surface area contributed by atoms with Gasteiger partial charge in [0.2, 0.25) is 12.7 Å². The average Bonchev–Trinajstić information content (AvgIpc) is 2.97. The number of hydrogen-bond acceptors (Lipinski definition) is 6. The van der Waals surface area contributed by atoms with Crippen LogP contribution in [0.25, 0.3) is 0 Å². The van der Waals surface area contributed by atoms with Crippen LogP contribution in [0.15, 0.2) is 23.6 Å². The standard InChI is InChI=1S/C12H11N3O3S/c13-12-15-8(5-19-12)4-11(16)14-7-1-2-9-10(3-7)18-6-17-9/h1-3,5H,4,6H2,(H2,13,15)(H,14,16). The quantitative estimate of drug-likeness (QED) is 0.890. The Bertz CT molecular complexity index is 626. The van der Waals surface area contributed by atoms with Crippen molar-refractivity contribution in [3.63, 3.8) is 0 Å². The zero-order chi connectivity index (χ0) is 13.2. The van der Waals surface area contributed by atoms with Crippen molar-refractivity contribution in [2.24, 2.45) is 0 Å². The van der Waals surface area contributed by atoms with E-state index >= 15 is 0 Å². The molecule has 0 atom stereocenters. The number of nitrogen functional groups attached to an aromatic ring is 1. The highest BCUT2D eigenvalue weighted by molar-refractivity contribution is 7.13. The second-order valence-corrected chi connectivity index (χ2v) is 4.86. The predicted octanol–water partition coefficient (Wildman–Crippen LogP) is 1.64. The minimum atomic E-state index is -0.149. The number of nitrogens with zero attached hydrogens (tertiary/aromatic N) is 1. The van der Waals surface area contributed by atoms with Gasteiger partial charge in [0.15, 0.2) is 16.6 Å². The van der Waals surface area contributed by atoms with Crippen LogP contribution in [0.4, 0.5) is 10.8 Å². The van der Waals surface area contributed by atoms with Gasteiger partial charge >= 0.3 is 0 Å². The van der Waals surface area contributed by atoms with Gasteiger partial charge in [0, 0.05) is 17.1 Å². The first-order valence-electron chi connectivity index (χ1n) is 5.60. The Morgan fingerprint density at radius 3 is 3.05 bits per heavy atom. The Balaban J connectivity index is 1.66. The molecule has 7 heteroatoms. The zero-order valence-corrected chi connectivity index (χ0v) is 10.7. The van der Waals surface area contributed by atoms with Crippen LogP contribution in [-0.2, 0) is 11.2 Å². The molecule has 0 saturated heterocycles. The third kappa shape index (κ3) is 2.60. The van der Waals surface area contributed by atoms with Crippen LogP contribution in [0.5, 0.6) is 11.5 Å². The van der Waals surface area contributed by atoms with Crippen molar-refractivity contribution in [2.75, 3.05) is 17.8 Å². The summed E-state index contributed by atoms with van der Waals surface area (Å²) in [6.45, 7) is 0.213. The number of thiazole rings is 1. The fourth-order valence-electron chi connectivity index (χ4n) is 1.75. The van der Waals surface area contributed by atoms with Gasteiger partial charge in [-0.3, -0.25) is 4.79 Å². The summed E-state index contributed by atoms with van der Waals surface area (Å²) in [5.74, 6) is 1.17. The largest absolute Gasteiger partial charge is 0.454 e. The monoisotopic (exact) mass is 277 g/mol. The summed E-state index contributed by atoms with van der Waals surface area (Å²) in [7, 11) is 0. The van der Waals surface area contributed by atoms with Gasteiger partial charge in [-0.05, 0) is 12.1 Å². The van der Waals surface area contributed by atoms with E-state index in [1.165, 1.54) is 11.3 Å². The van der Waals surface area contributed by atoms with Crippen LogP contribution in [0.3, 0.4) is 0 Å². The maximum atomic E-state index is 11.8. The summed E-state index contributed by atoms with van der Waals surface area (Å²) in [5.41, 5.74) is 6.85. The molecule has 0 radical (unpaired) electrons. The number of rotatable bonds is 3. The number of nitrogens with two attached hydrogens (primary N) is 1. The van der Waals surface area contributed by atoms with E-state index in [1.807, 2.05) is 0 Å². The molecule has 0 fully saturated rings. The van der Waals surface area contributed by atoms with Gasteiger partial charge in [0.25, 0.3) is 0 Å². The van der Waals surface area contributed by atoms with Gasteiger partial charge in [-0.2, -0.15) is 0 Å². The lowest BCUT2D eigenvalue weighted by molar-refractivity contribution is -0.115. The Kier molecular flexibility index (Phi) is 2.96. The van der Waals surface area contributed by atoms with E-state index in [4.69, 9.17) is 15.2 Å². The molecule has 3 rings (SSSR count). The Hall–Kier alpha value is -2.28. The number of aromatic nitrogens is 1. The molecular weight excluding hydrogens is 266 g/mol. The minimum Gasteiger partial charge on any atom is -0.454 e. The van der Waals surface area contributed by atoms with Gasteiger partial charge in [-0.1, -0.05) is 0 Å². The van der Waals surface area contributed by atoms with Crippen LogP contribution in [0.1, 0.15) is 5.69 Å². The summed E-state index contributed by atoms with van der Waals surface area (Å²) in [4.78, 5) is 15.9. The van der Waals surface area contributed by atoms with Crippen molar-refractivity contribution >= 4 is 28.1 Å². The summed E-state index contributed by atoms with van der Waals surface area (Å²) >= 11 is 1.32. The molecule has 0 aliphatic carbocycles. The topological polar surface area (TPSA) is 86.5 Å². The Morgan fingerprint density at radius 1 is 1.42 bits per heavy atom. The number of hydrogen-bond donors (Lipinski definition) is 2. The first-order valence-corrected chi connectivity index (χ1v) is 6.48. The van der Waals surface area contributed by atoms with Crippen molar-refractivity contribution in [1.29, 1.82) is 0 Å². The molecule has 0 saturated carbocycles. The maximum Gasteiger partial charge on any atom is 0.231 e. The number of nitrogens with one attached hydrogen (secondary N) is 1. The fraction of sp³-hybridized carbons (Fsp3) is 0.167. The number of fused-ring (bicyclic) bond motifs is 1. The van der Waals surface area contributed by atoms with Crippen LogP contribution >= 0.6 is 11.3 Å². The second-order valence-electron chi connectivity index (χ2n) is 3.97. The number of carbonyl (C=O) groups excluding carboxylic acids is 1. The normalized spacial score (nSPS) is 12.4. The predicted molar refractivity (Wildman–Crippen MR) is 71.4 cm³/mol. The molecule has 1 aromatic heterocycles. The summed E-state index contributed by atoms with van der Waals surface area (Å²) in [5, 5.41) is 5.01. The summed E-state index contributed by atoms with van der Waals surface area (Å²) < 4.78 is 10.4. The highest BCUT2D eigenvalue weighted by atomic mass is 32.1. The molecule has 1 aromatic carbocycles. The Labute approximate surface area is 113 Å². The van der Waals surface area contributed by atoms with Gasteiger partial charge < -0.3 is 20.5 Å². The van der Waals surface area contributed by atoms with E-state index in [9.17, 15) is 4.79 Å². The molecular formula is C12H11N3O3S. The number of ether oxygens (including phenoxy) is 2. The van der Waals surface area contributed by atoms with Gasteiger partial charge in [-0.15, -0.1) is 11.3 Å². The molecule has 1 amide bonds. The van der Waals surface area contributed by atoms with Gasteiger partial charge in [-0.25, -0.2) is 4.98 Å². The average molecular weight is 277 g/mol. The number of anilines is 2. The SMILES string of the molecule is Nc1nc(CC(=O)Nc2ccc3c(c2)OCO3)cs1. The molecule has 1 aliphatic rings. The second kappa shape index (κ2) is 4.77. The van der Waals surface area contributed by atoms with Gasteiger partial charge in [0.05, 0.1) is 12.1 Å². The van der Waals surface area contributed by atoms with Crippen molar-refractivity contribution in [3.05, 3.63) is 29.3 Å². The zero-order valence-electron chi connectivity index (χ0n) is 9.88. The fourth-order valence-corrected chi connectivity index (χ4v) is 2.31. The first-order chi connectivity index (χ1) is 9.20. The van der Waals surface area contributed by atoms with Crippen LogP contribution in [-0.4, -0.2) is 17.7 Å². The molecule has 98 valence electrons. The van der Waals surface area contributed by atoms with Crippen molar-refractivity contribution < 1.29 is 14.3 Å². The Morgan fingerprint density at radius 2 is 2.26 bits per heavy atom. The maximum absolute atomic E-state index is 11.8. The van der Waals surface area contributed by atoms with E-state index < -0.39 is 0 Å². The smallest absolute Gasteiger partial charge is 0.231 e. The molecule has 3 N–H and O–H groups in total. The van der Waals surface area contributed by atoms with Crippen LogP contribution < -0.4 is 20.5 Å². The van der Waals surface area contributed by atoms with E-state index in [0.717, 1.165) is 0 Å². The van der Waals surface area contributed by atoms with Gasteiger partial charge in [0.1, 0.15) is 0 Å².